The topological polar surface area (TPSA) is 196 Å². The van der Waals surface area contributed by atoms with Crippen LogP contribution in [0.4, 0.5) is 11.5 Å². The summed E-state index contributed by atoms with van der Waals surface area (Å²) in [5.74, 6) is -2.08. The van der Waals surface area contributed by atoms with Crippen LogP contribution in [0, 0.1) is 11.8 Å². The van der Waals surface area contributed by atoms with E-state index in [1.54, 1.807) is 48.8 Å². The molecule has 1 aliphatic heterocycles. The van der Waals surface area contributed by atoms with Gasteiger partial charge >= 0.3 is 0 Å². The fourth-order valence-electron chi connectivity index (χ4n) is 10.0. The fraction of sp³-hybridized carbons (Fsp3) is 0.333. The number of aromatic hydroxyl groups is 4. The summed E-state index contributed by atoms with van der Waals surface area (Å²) in [4.78, 5) is 25.0. The van der Waals surface area contributed by atoms with Crippen LogP contribution in [0.25, 0.3) is 10.8 Å². The van der Waals surface area contributed by atoms with E-state index in [1.165, 1.54) is 20.3 Å². The highest BCUT2D eigenvalue weighted by Crippen LogP contribution is 2.55. The highest BCUT2D eigenvalue weighted by molar-refractivity contribution is 5.92. The van der Waals surface area contributed by atoms with Gasteiger partial charge in [-0.3, -0.25) is 4.79 Å². The van der Waals surface area contributed by atoms with Gasteiger partial charge in [-0.15, -0.1) is 0 Å². The van der Waals surface area contributed by atoms with E-state index in [1.807, 2.05) is 42.5 Å². The number of pyridine rings is 1. The smallest absolute Gasteiger partial charge is 0.200 e. The number of hydrogen-bond donors (Lipinski definition) is 7. The number of aromatic nitrogens is 2. The molecule has 7 N–H and O–H groups in total. The first-order valence-corrected chi connectivity index (χ1v) is 20.4. The van der Waals surface area contributed by atoms with E-state index in [9.17, 15) is 30.6 Å². The third kappa shape index (κ3) is 7.68. The Morgan fingerprint density at radius 1 is 0.917 bits per heavy atom. The molecule has 0 saturated heterocycles. The predicted molar refractivity (Wildman–Crippen MR) is 226 cm³/mol. The number of anilines is 2. The lowest BCUT2D eigenvalue weighted by Crippen LogP contribution is -2.51. The Morgan fingerprint density at radius 2 is 1.75 bits per heavy atom. The first-order chi connectivity index (χ1) is 29.0. The number of carbonyl (C=O) groups is 1. The molecule has 0 amide bonds. The van der Waals surface area contributed by atoms with Crippen molar-refractivity contribution in [2.45, 2.75) is 74.9 Å². The third-order valence-electron chi connectivity index (χ3n) is 12.9. The number of benzene rings is 4. The number of ketones is 1. The summed E-state index contributed by atoms with van der Waals surface area (Å²) in [6, 6.07) is 24.8. The first-order valence-electron chi connectivity index (χ1n) is 20.4. The summed E-state index contributed by atoms with van der Waals surface area (Å²) >= 11 is 0. The molecule has 0 radical (unpaired) electrons. The van der Waals surface area contributed by atoms with Crippen molar-refractivity contribution in [3.05, 3.63) is 125 Å². The largest absolute Gasteiger partial charge is 0.668 e. The third-order valence-corrected chi connectivity index (χ3v) is 12.9. The molecule has 4 aromatic carbocycles. The van der Waals surface area contributed by atoms with Crippen LogP contribution in [0.2, 0.25) is 0 Å². The van der Waals surface area contributed by atoms with Gasteiger partial charge in [0.05, 0.1) is 32.3 Å². The number of hydrogen-bond acceptors (Lipinski definition) is 11. The van der Waals surface area contributed by atoms with E-state index >= 15 is 4.79 Å². The number of phenolic OH excluding ortho intramolecular Hbond substituents is 4. The number of rotatable bonds is 9. The number of aliphatic hydroxyl groups is 2. The summed E-state index contributed by atoms with van der Waals surface area (Å²) in [6.07, 6.45) is 3.91. The standard InChI is InChI=1S/C48H50N3O9/c1-59-43-20-27(5-13-39(43)54)6-14-40(55)46-41(56)22-28(30-23-42(57)47(58)44(24-30)60-2)7-10-35-34-11-9-33(52)21-29(34)8-12-37(35)51-45-25-31(16-19-50-45)48(46)17-15-38(53)36(48)26-32-4-3-18-49-32/h3-5,8-9,11-13,16,18-21,23-25,28,36,38,40,46,52-55,57-58H,6-7,10,14-15,17,22,26H2,1-2H3,(H,50,51)/q-1. The highest BCUT2D eigenvalue weighted by atomic mass is 16.5. The van der Waals surface area contributed by atoms with Crippen LogP contribution in [0.5, 0.6) is 34.5 Å². The Morgan fingerprint density at radius 3 is 2.53 bits per heavy atom. The summed E-state index contributed by atoms with van der Waals surface area (Å²) < 4.78 is 10.8. The molecular weight excluding hydrogens is 763 g/mol. The van der Waals surface area contributed by atoms with Gasteiger partial charge in [-0.05, 0) is 144 Å². The lowest BCUT2D eigenvalue weighted by molar-refractivity contribution is -0.132. The lowest BCUT2D eigenvalue weighted by atomic mass is 9.58. The maximum atomic E-state index is 15.7. The van der Waals surface area contributed by atoms with Crippen molar-refractivity contribution in [2.75, 3.05) is 19.5 Å². The number of nitrogens with zero attached hydrogens (tertiary/aromatic N) is 2. The fourth-order valence-corrected chi connectivity index (χ4v) is 10.0. The van der Waals surface area contributed by atoms with Crippen LogP contribution in [0.15, 0.2) is 97.3 Å². The van der Waals surface area contributed by atoms with Crippen LogP contribution in [-0.4, -0.2) is 67.8 Å². The van der Waals surface area contributed by atoms with Crippen LogP contribution in [-0.2, 0) is 29.5 Å². The van der Waals surface area contributed by atoms with E-state index in [0.717, 1.165) is 38.8 Å². The number of aryl methyl sites for hydroxylation is 2. The molecule has 60 heavy (non-hydrogen) atoms. The molecule has 1 fully saturated rings. The van der Waals surface area contributed by atoms with Crippen LogP contribution in [0.3, 0.4) is 0 Å². The van der Waals surface area contributed by atoms with E-state index in [4.69, 9.17) is 14.5 Å². The number of phenols is 4. The Labute approximate surface area is 348 Å². The maximum Gasteiger partial charge on any atom is 0.200 e. The molecule has 12 nitrogen and oxygen atoms in total. The average molecular weight is 813 g/mol. The molecule has 1 saturated carbocycles. The average Bonchev–Trinajstić information content (AvgIpc) is 3.88. The number of aliphatic hydroxyl groups excluding tert-OH is 2. The van der Waals surface area contributed by atoms with Gasteiger partial charge in [0.25, 0.3) is 0 Å². The van der Waals surface area contributed by atoms with Gasteiger partial charge in [-0.1, -0.05) is 30.3 Å². The molecule has 1 aliphatic carbocycles. The molecule has 312 valence electrons. The van der Waals surface area contributed by atoms with Crippen molar-refractivity contribution in [1.82, 2.24) is 9.97 Å². The van der Waals surface area contributed by atoms with Crippen LogP contribution >= 0.6 is 0 Å². The number of nitrogens with one attached hydrogen (secondary N) is 1. The van der Waals surface area contributed by atoms with Gasteiger partial charge in [0.15, 0.2) is 23.0 Å². The Bertz CT molecular complexity index is 2510. The maximum absolute atomic E-state index is 15.7. The molecule has 2 aliphatic rings. The second kappa shape index (κ2) is 16.8. The zero-order chi connectivity index (χ0) is 42.1. The molecule has 2 bridgehead atoms. The monoisotopic (exact) mass is 812 g/mol. The summed E-state index contributed by atoms with van der Waals surface area (Å²) in [5.41, 5.74) is 3.52. The zero-order valence-corrected chi connectivity index (χ0v) is 33.6. The number of fused-ring (bicyclic) bond motifs is 6. The molecule has 2 aromatic heterocycles. The molecule has 12 heteroatoms. The van der Waals surface area contributed by atoms with Gasteiger partial charge in [-0.2, -0.15) is 11.9 Å². The number of ether oxygens (including phenoxy) is 2. The summed E-state index contributed by atoms with van der Waals surface area (Å²) in [5, 5.41) is 72.2. The van der Waals surface area contributed by atoms with Crippen molar-refractivity contribution < 1.29 is 44.9 Å². The van der Waals surface area contributed by atoms with Crippen molar-refractivity contribution >= 4 is 28.1 Å². The first kappa shape index (κ1) is 40.5. The minimum atomic E-state index is -1.19. The molecule has 6 unspecified atom stereocenters. The van der Waals surface area contributed by atoms with Crippen LogP contribution < -0.4 is 19.8 Å². The highest BCUT2D eigenvalue weighted by Gasteiger charge is 2.57. The lowest BCUT2D eigenvalue weighted by Gasteiger charge is -2.46. The Kier molecular flexibility index (Phi) is 11.3. The quantitative estimate of drug-likeness (QED) is 0.0720. The zero-order valence-electron chi connectivity index (χ0n) is 33.6. The minimum Gasteiger partial charge on any atom is -0.668 e. The normalized spacial score (nSPS) is 22.3. The van der Waals surface area contributed by atoms with Crippen LogP contribution in [0.1, 0.15) is 66.0 Å². The molecular formula is C48H50N3O9-. The minimum absolute atomic E-state index is 0.00611. The van der Waals surface area contributed by atoms with Gasteiger partial charge < -0.3 is 50.4 Å². The Hall–Kier alpha value is -6.24. The number of Topliss-reactive ketones (excluding diaryl/α,β-unsaturated/α-hetero) is 1. The molecule has 1 spiro atoms. The number of methoxy groups -OCH3 is 2. The molecule has 8 rings (SSSR count). The van der Waals surface area contributed by atoms with E-state index < -0.39 is 41.1 Å². The Balaban J connectivity index is 1.32. The van der Waals surface area contributed by atoms with E-state index in [-0.39, 0.29) is 41.6 Å². The van der Waals surface area contributed by atoms with Gasteiger partial charge in [0.1, 0.15) is 17.4 Å². The van der Waals surface area contributed by atoms with Gasteiger partial charge in [-0.25, -0.2) is 4.98 Å². The molecule has 6 atom stereocenters. The summed E-state index contributed by atoms with van der Waals surface area (Å²) in [6.45, 7) is 0. The SMILES string of the molecule is COc1cc(CCC(O)C2C(=O)CC(c3cc(O)c(O)c(OC)c3)CCc3c(ccc4cc(O)ccc34)Nc3cc(ccn3)C23CCC(O)C3Cc2ccc[n-]2)ccc1O. The van der Waals surface area contributed by atoms with Crippen molar-refractivity contribution in [3.63, 3.8) is 0 Å². The second-order valence-corrected chi connectivity index (χ2v) is 16.2. The van der Waals surface area contributed by atoms with Crippen molar-refractivity contribution in [2.24, 2.45) is 11.8 Å². The molecule has 3 heterocycles. The van der Waals surface area contributed by atoms with Crippen molar-refractivity contribution in [1.29, 1.82) is 0 Å². The van der Waals surface area contributed by atoms with E-state index in [0.29, 0.717) is 55.7 Å². The van der Waals surface area contributed by atoms with Gasteiger partial charge in [0, 0.05) is 23.7 Å². The van der Waals surface area contributed by atoms with Crippen molar-refractivity contribution in [3.8, 4) is 34.5 Å². The predicted octanol–water partition coefficient (Wildman–Crippen LogP) is 7.33. The molecule has 6 aromatic rings. The van der Waals surface area contributed by atoms with E-state index in [2.05, 4.69) is 10.3 Å². The number of carbonyl (C=O) groups excluding carboxylic acids is 1. The second-order valence-electron chi connectivity index (χ2n) is 16.2. The van der Waals surface area contributed by atoms with Gasteiger partial charge in [0.2, 0.25) is 5.75 Å². The summed E-state index contributed by atoms with van der Waals surface area (Å²) in [7, 11) is 2.87.